The predicted octanol–water partition coefficient (Wildman–Crippen LogP) is 3.03. The van der Waals surface area contributed by atoms with Crippen molar-refractivity contribution < 1.29 is 9.53 Å². The molecule has 2 aromatic rings. The van der Waals surface area contributed by atoms with Gasteiger partial charge in [0, 0.05) is 38.4 Å². The van der Waals surface area contributed by atoms with Crippen molar-refractivity contribution in [3.8, 4) is 5.75 Å². The third-order valence-corrected chi connectivity index (χ3v) is 3.87. The number of carbonyl (C=O) groups excluding carboxylic acids is 1. The smallest absolute Gasteiger partial charge is 0.224 e. The van der Waals surface area contributed by atoms with Crippen molar-refractivity contribution >= 4 is 5.91 Å². The Morgan fingerprint density at radius 1 is 1.30 bits per heavy atom. The number of rotatable bonds is 8. The van der Waals surface area contributed by atoms with Crippen molar-refractivity contribution in [3.63, 3.8) is 0 Å². The quantitative estimate of drug-likeness (QED) is 0.752. The summed E-state index contributed by atoms with van der Waals surface area (Å²) in [5.41, 5.74) is 1.12. The fourth-order valence-corrected chi connectivity index (χ4v) is 2.53. The van der Waals surface area contributed by atoms with Crippen molar-refractivity contribution in [3.05, 3.63) is 48.0 Å². The normalized spacial score (nSPS) is 10.6. The van der Waals surface area contributed by atoms with Crippen molar-refractivity contribution in [1.82, 2.24) is 14.5 Å². The van der Waals surface area contributed by atoms with Gasteiger partial charge in [-0.05, 0) is 31.0 Å². The molecule has 23 heavy (non-hydrogen) atoms. The van der Waals surface area contributed by atoms with Crippen LogP contribution in [-0.4, -0.2) is 34.0 Å². The first kappa shape index (κ1) is 17.1. The summed E-state index contributed by atoms with van der Waals surface area (Å²) < 4.78 is 7.18. The van der Waals surface area contributed by atoms with Gasteiger partial charge in [0.25, 0.3) is 0 Å². The molecule has 0 aliphatic carbocycles. The Morgan fingerprint density at radius 3 is 2.61 bits per heavy atom. The number of benzene rings is 1. The average Bonchev–Trinajstić information content (AvgIpc) is 2.98. The van der Waals surface area contributed by atoms with Gasteiger partial charge in [-0.15, -0.1) is 0 Å². The molecule has 0 saturated carbocycles. The summed E-state index contributed by atoms with van der Waals surface area (Å²) in [6.07, 6.45) is 5.12. The molecular formula is C18H25N3O2. The highest BCUT2D eigenvalue weighted by molar-refractivity contribution is 5.76. The van der Waals surface area contributed by atoms with E-state index in [4.69, 9.17) is 4.74 Å². The van der Waals surface area contributed by atoms with Crippen molar-refractivity contribution in [1.29, 1.82) is 0 Å². The summed E-state index contributed by atoms with van der Waals surface area (Å²) in [6, 6.07) is 7.88. The maximum absolute atomic E-state index is 12.5. The number of aromatic nitrogens is 2. The highest BCUT2D eigenvalue weighted by Crippen LogP contribution is 2.14. The molecule has 0 bridgehead atoms. The molecule has 0 atom stereocenters. The summed E-state index contributed by atoms with van der Waals surface area (Å²) >= 11 is 0. The number of ether oxygens (including phenoxy) is 1. The molecule has 1 heterocycles. The number of methoxy groups -OCH3 is 1. The maximum atomic E-state index is 12.5. The van der Waals surface area contributed by atoms with E-state index in [-0.39, 0.29) is 5.91 Å². The summed E-state index contributed by atoms with van der Waals surface area (Å²) in [7, 11) is 1.65. The van der Waals surface area contributed by atoms with E-state index in [0.717, 1.165) is 30.1 Å². The first-order valence-electron chi connectivity index (χ1n) is 8.02. The minimum Gasteiger partial charge on any atom is -0.497 e. The van der Waals surface area contributed by atoms with Gasteiger partial charge in [-0.25, -0.2) is 4.98 Å². The molecule has 1 aromatic heterocycles. The van der Waals surface area contributed by atoms with E-state index in [2.05, 4.69) is 11.9 Å². The topological polar surface area (TPSA) is 47.4 Å². The van der Waals surface area contributed by atoms with E-state index >= 15 is 0 Å². The van der Waals surface area contributed by atoms with E-state index in [1.165, 1.54) is 0 Å². The number of hydrogen-bond donors (Lipinski definition) is 0. The van der Waals surface area contributed by atoms with Crippen LogP contribution in [0.1, 0.15) is 31.2 Å². The zero-order valence-corrected chi connectivity index (χ0v) is 14.2. The van der Waals surface area contributed by atoms with Gasteiger partial charge >= 0.3 is 0 Å². The number of carbonyl (C=O) groups is 1. The van der Waals surface area contributed by atoms with Crippen LogP contribution in [0.3, 0.4) is 0 Å². The number of imidazole rings is 1. The van der Waals surface area contributed by atoms with Gasteiger partial charge in [0.1, 0.15) is 11.6 Å². The van der Waals surface area contributed by atoms with Gasteiger partial charge in [-0.2, -0.15) is 0 Å². The third-order valence-electron chi connectivity index (χ3n) is 3.87. The standard InChI is InChI=1S/C18H25N3O2/c1-4-11-21(14-16-5-7-17(23-3)8-6-16)18(22)9-12-20-13-10-19-15(20)2/h5-8,10,13H,4,9,11-12,14H2,1-3H3. The van der Waals surface area contributed by atoms with Crippen LogP contribution in [0.2, 0.25) is 0 Å². The number of hydrogen-bond acceptors (Lipinski definition) is 3. The molecule has 124 valence electrons. The van der Waals surface area contributed by atoms with Gasteiger partial charge < -0.3 is 14.2 Å². The molecule has 1 amide bonds. The van der Waals surface area contributed by atoms with Crippen LogP contribution in [0.15, 0.2) is 36.7 Å². The second-order valence-electron chi connectivity index (χ2n) is 5.58. The lowest BCUT2D eigenvalue weighted by molar-refractivity contribution is -0.132. The number of aryl methyl sites for hydroxylation is 2. The Hall–Kier alpha value is -2.30. The Morgan fingerprint density at radius 2 is 2.04 bits per heavy atom. The van der Waals surface area contributed by atoms with E-state index in [9.17, 15) is 4.79 Å². The third kappa shape index (κ3) is 4.84. The molecule has 0 aliphatic rings. The number of nitrogens with zero attached hydrogens (tertiary/aromatic N) is 3. The first-order valence-corrected chi connectivity index (χ1v) is 8.02. The molecule has 0 spiro atoms. The molecule has 0 fully saturated rings. The van der Waals surface area contributed by atoms with Crippen LogP contribution in [0.4, 0.5) is 0 Å². The molecule has 2 rings (SSSR count). The minimum atomic E-state index is 0.177. The van der Waals surface area contributed by atoms with Crippen molar-refractivity contribution in [2.75, 3.05) is 13.7 Å². The van der Waals surface area contributed by atoms with Crippen LogP contribution >= 0.6 is 0 Å². The van der Waals surface area contributed by atoms with E-state index in [1.807, 2.05) is 46.9 Å². The minimum absolute atomic E-state index is 0.177. The molecule has 5 heteroatoms. The lowest BCUT2D eigenvalue weighted by Gasteiger charge is -2.22. The van der Waals surface area contributed by atoms with Crippen LogP contribution in [-0.2, 0) is 17.9 Å². The van der Waals surface area contributed by atoms with Crippen molar-refractivity contribution in [2.24, 2.45) is 0 Å². The molecule has 0 radical (unpaired) electrons. The molecule has 0 aliphatic heterocycles. The van der Waals surface area contributed by atoms with Crippen LogP contribution < -0.4 is 4.74 Å². The monoisotopic (exact) mass is 315 g/mol. The number of amides is 1. The first-order chi connectivity index (χ1) is 11.1. The molecule has 0 saturated heterocycles. The highest BCUT2D eigenvalue weighted by atomic mass is 16.5. The summed E-state index contributed by atoms with van der Waals surface area (Å²) in [6.45, 7) is 6.13. The predicted molar refractivity (Wildman–Crippen MR) is 90.3 cm³/mol. The molecule has 0 N–H and O–H groups in total. The lowest BCUT2D eigenvalue weighted by atomic mass is 10.2. The molecule has 0 unspecified atom stereocenters. The molecular weight excluding hydrogens is 290 g/mol. The van der Waals surface area contributed by atoms with Crippen LogP contribution in [0.25, 0.3) is 0 Å². The van der Waals surface area contributed by atoms with Crippen molar-refractivity contribution in [2.45, 2.75) is 39.8 Å². The second kappa shape index (κ2) is 8.36. The van der Waals surface area contributed by atoms with Crippen LogP contribution in [0, 0.1) is 6.92 Å². The average molecular weight is 315 g/mol. The Bertz CT molecular complexity index is 619. The summed E-state index contributed by atoms with van der Waals surface area (Å²) in [5.74, 6) is 1.95. The van der Waals surface area contributed by atoms with E-state index in [0.29, 0.717) is 19.5 Å². The molecule has 1 aromatic carbocycles. The fraction of sp³-hybridized carbons (Fsp3) is 0.444. The maximum Gasteiger partial charge on any atom is 0.224 e. The zero-order valence-electron chi connectivity index (χ0n) is 14.2. The molecule has 5 nitrogen and oxygen atoms in total. The van der Waals surface area contributed by atoms with Gasteiger partial charge in [0.05, 0.1) is 7.11 Å². The highest BCUT2D eigenvalue weighted by Gasteiger charge is 2.13. The summed E-state index contributed by atoms with van der Waals surface area (Å²) in [5, 5.41) is 0. The Balaban J connectivity index is 1.95. The van der Waals surface area contributed by atoms with E-state index < -0.39 is 0 Å². The SMILES string of the molecule is CCCN(Cc1ccc(OC)cc1)C(=O)CCn1ccnc1C. The second-order valence-corrected chi connectivity index (χ2v) is 5.58. The Labute approximate surface area is 137 Å². The largest absolute Gasteiger partial charge is 0.497 e. The zero-order chi connectivity index (χ0) is 16.7. The van der Waals surface area contributed by atoms with Crippen LogP contribution in [0.5, 0.6) is 5.75 Å². The fourth-order valence-electron chi connectivity index (χ4n) is 2.53. The van der Waals surface area contributed by atoms with Gasteiger partial charge in [0.2, 0.25) is 5.91 Å². The van der Waals surface area contributed by atoms with Gasteiger partial charge in [0.15, 0.2) is 0 Å². The van der Waals surface area contributed by atoms with Gasteiger partial charge in [-0.1, -0.05) is 19.1 Å². The Kier molecular flexibility index (Phi) is 6.20. The van der Waals surface area contributed by atoms with Gasteiger partial charge in [-0.3, -0.25) is 4.79 Å². The summed E-state index contributed by atoms with van der Waals surface area (Å²) in [4.78, 5) is 18.6. The lowest BCUT2D eigenvalue weighted by Crippen LogP contribution is -2.32. The van der Waals surface area contributed by atoms with E-state index in [1.54, 1.807) is 13.3 Å².